The van der Waals surface area contributed by atoms with Gasteiger partial charge in [0.15, 0.2) is 0 Å². The maximum atomic E-state index is 11.0. The molecule has 1 aliphatic rings. The summed E-state index contributed by atoms with van der Waals surface area (Å²) in [5.41, 5.74) is 3.78. The van der Waals surface area contributed by atoms with Crippen molar-refractivity contribution in [3.63, 3.8) is 0 Å². The third kappa shape index (κ3) is 2.21. The van der Waals surface area contributed by atoms with Gasteiger partial charge in [-0.3, -0.25) is 4.79 Å². The van der Waals surface area contributed by atoms with Crippen molar-refractivity contribution in [3.8, 4) is 0 Å². The van der Waals surface area contributed by atoms with Crippen molar-refractivity contribution in [1.29, 1.82) is 0 Å². The molecular weight excluding hydrogens is 154 g/mol. The molecule has 0 heterocycles. The molecule has 3 N–H and O–H groups in total. The number of hydrogen-bond acceptors (Lipinski definition) is 2. The SMILES string of the molecule is [2H]C([2H])(N)C1(C([2H])([2H])C(=O)O)CCCCC1. The molecule has 1 aliphatic carbocycles. The lowest BCUT2D eigenvalue weighted by molar-refractivity contribution is -0.140. The zero-order valence-corrected chi connectivity index (χ0v) is 6.97. The van der Waals surface area contributed by atoms with Gasteiger partial charge in [-0.05, 0) is 24.8 Å². The van der Waals surface area contributed by atoms with Gasteiger partial charge in [0.1, 0.15) is 0 Å². The largest absolute Gasteiger partial charge is 0.481 e. The van der Waals surface area contributed by atoms with E-state index >= 15 is 0 Å². The van der Waals surface area contributed by atoms with Crippen LogP contribution in [0.15, 0.2) is 0 Å². The minimum atomic E-state index is -2.63. The second-order valence-corrected chi connectivity index (χ2v) is 3.22. The smallest absolute Gasteiger partial charge is 0.303 e. The Balaban J connectivity index is 3.19. The standard InChI is InChI=1S/C9H17NO2/c10-7-9(6-8(11)12)4-2-1-3-5-9/h1-7,10H2,(H,11,12)/i6D2,7D2. The molecule has 3 heteroatoms. The van der Waals surface area contributed by atoms with Crippen molar-refractivity contribution in [2.24, 2.45) is 11.1 Å². The molecule has 1 rings (SSSR count). The summed E-state index contributed by atoms with van der Waals surface area (Å²) in [6, 6.07) is 0. The molecule has 0 saturated heterocycles. The maximum absolute atomic E-state index is 11.0. The number of rotatable bonds is 3. The summed E-state index contributed by atoms with van der Waals surface area (Å²) < 4.78 is 30.4. The number of carboxylic acid groups (broad SMARTS) is 1. The quantitative estimate of drug-likeness (QED) is 0.681. The molecule has 0 aromatic carbocycles. The molecule has 0 bridgehead atoms. The van der Waals surface area contributed by atoms with Crippen LogP contribution in [0.2, 0.25) is 0 Å². The zero-order chi connectivity index (χ0) is 12.6. The molecule has 0 radical (unpaired) electrons. The van der Waals surface area contributed by atoms with Crippen molar-refractivity contribution in [1.82, 2.24) is 0 Å². The number of carboxylic acids is 1. The molecule has 0 aliphatic heterocycles. The first kappa shape index (κ1) is 5.22. The van der Waals surface area contributed by atoms with Crippen LogP contribution in [0.5, 0.6) is 0 Å². The lowest BCUT2D eigenvalue weighted by Crippen LogP contribution is -2.34. The molecule has 0 aromatic rings. The first-order chi connectivity index (χ1) is 7.15. The van der Waals surface area contributed by atoms with Gasteiger partial charge in [-0.1, -0.05) is 19.3 Å². The van der Waals surface area contributed by atoms with Crippen LogP contribution < -0.4 is 5.73 Å². The normalized spacial score (nSPS) is 29.4. The van der Waals surface area contributed by atoms with E-state index < -0.39 is 24.3 Å². The molecule has 1 saturated carbocycles. The highest BCUT2D eigenvalue weighted by Crippen LogP contribution is 2.38. The molecule has 0 amide bonds. The lowest BCUT2D eigenvalue weighted by Gasteiger charge is -2.34. The highest BCUT2D eigenvalue weighted by atomic mass is 16.4. The van der Waals surface area contributed by atoms with Gasteiger partial charge in [0.25, 0.3) is 0 Å². The van der Waals surface area contributed by atoms with Crippen LogP contribution in [0.3, 0.4) is 0 Å². The van der Waals surface area contributed by atoms with Gasteiger partial charge in [-0.2, -0.15) is 0 Å². The van der Waals surface area contributed by atoms with Crippen LogP contribution in [-0.4, -0.2) is 17.6 Å². The average molecular weight is 175 g/mol. The number of hydrogen-bond donors (Lipinski definition) is 2. The average Bonchev–Trinajstić information content (AvgIpc) is 2.16. The van der Waals surface area contributed by atoms with Gasteiger partial charge in [-0.25, -0.2) is 0 Å². The summed E-state index contributed by atoms with van der Waals surface area (Å²) in [5.74, 6) is -1.64. The van der Waals surface area contributed by atoms with Crippen LogP contribution in [0.4, 0.5) is 0 Å². The maximum Gasteiger partial charge on any atom is 0.303 e. The highest BCUT2D eigenvalue weighted by molar-refractivity contribution is 5.67. The Hall–Kier alpha value is -0.570. The first-order valence-electron chi connectivity index (χ1n) is 6.17. The monoisotopic (exact) mass is 175 g/mol. The molecule has 3 nitrogen and oxygen atoms in total. The van der Waals surface area contributed by atoms with E-state index in [1.54, 1.807) is 0 Å². The van der Waals surface area contributed by atoms with Gasteiger partial charge in [0.05, 0.1) is 6.37 Å². The Bertz CT molecular complexity index is 282. The van der Waals surface area contributed by atoms with Crippen LogP contribution in [-0.2, 0) is 4.79 Å². The van der Waals surface area contributed by atoms with Crippen molar-refractivity contribution in [3.05, 3.63) is 0 Å². The van der Waals surface area contributed by atoms with Crippen molar-refractivity contribution < 1.29 is 15.4 Å². The Labute approximate surface area is 78.6 Å². The van der Waals surface area contributed by atoms with Gasteiger partial charge < -0.3 is 10.8 Å². The molecule has 12 heavy (non-hydrogen) atoms. The zero-order valence-electron chi connectivity index (χ0n) is 11.0. The van der Waals surface area contributed by atoms with Crippen molar-refractivity contribution in [2.45, 2.75) is 38.5 Å². The first-order valence-corrected chi connectivity index (χ1v) is 4.17. The minimum absolute atomic E-state index is 0.176. The van der Waals surface area contributed by atoms with E-state index in [9.17, 15) is 4.79 Å². The van der Waals surface area contributed by atoms with Gasteiger partial charge in [0, 0.05) is 5.48 Å². The van der Waals surface area contributed by atoms with Gasteiger partial charge in [0.2, 0.25) is 0 Å². The number of aliphatic carboxylic acids is 1. The van der Waals surface area contributed by atoms with Crippen LogP contribution in [0.25, 0.3) is 0 Å². The topological polar surface area (TPSA) is 63.3 Å². The fourth-order valence-corrected chi connectivity index (χ4v) is 1.67. The third-order valence-electron chi connectivity index (χ3n) is 2.33. The molecule has 1 fully saturated rings. The summed E-state index contributed by atoms with van der Waals surface area (Å²) in [4.78, 5) is 11.0. The molecular formula is C9H17NO2. The van der Waals surface area contributed by atoms with Crippen LogP contribution >= 0.6 is 0 Å². The number of nitrogens with two attached hydrogens (primary N) is 1. The molecule has 0 aromatic heterocycles. The summed E-state index contributed by atoms with van der Waals surface area (Å²) >= 11 is 0. The molecule has 0 atom stereocenters. The minimum Gasteiger partial charge on any atom is -0.481 e. The summed E-state index contributed by atoms with van der Waals surface area (Å²) in [6.45, 7) is -2.32. The fraction of sp³-hybridized carbons (Fsp3) is 0.889. The van der Waals surface area contributed by atoms with Crippen LogP contribution in [0, 0.1) is 5.41 Å². The fourth-order valence-electron chi connectivity index (χ4n) is 1.67. The van der Waals surface area contributed by atoms with E-state index in [0.29, 0.717) is 12.8 Å². The van der Waals surface area contributed by atoms with E-state index in [1.807, 2.05) is 0 Å². The Morgan fingerprint density at radius 1 is 1.50 bits per heavy atom. The third-order valence-corrected chi connectivity index (χ3v) is 2.33. The molecule has 0 spiro atoms. The van der Waals surface area contributed by atoms with Gasteiger partial charge >= 0.3 is 5.97 Å². The van der Waals surface area contributed by atoms with E-state index in [2.05, 4.69) is 0 Å². The number of carbonyl (C=O) groups is 1. The van der Waals surface area contributed by atoms with E-state index in [1.165, 1.54) is 0 Å². The summed E-state index contributed by atoms with van der Waals surface area (Å²) in [5, 5.41) is 8.92. The Morgan fingerprint density at radius 2 is 2.08 bits per heavy atom. The summed E-state index contributed by atoms with van der Waals surface area (Å²) in [7, 11) is 0. The predicted molar refractivity (Wildman–Crippen MR) is 46.8 cm³/mol. The predicted octanol–water partition coefficient (Wildman–Crippen LogP) is 1.37. The molecule has 70 valence electrons. The van der Waals surface area contributed by atoms with E-state index in [-0.39, 0.29) is 12.8 Å². The Kier molecular flexibility index (Phi) is 1.70. The lowest BCUT2D eigenvalue weighted by atomic mass is 9.72. The highest BCUT2D eigenvalue weighted by Gasteiger charge is 2.32. The molecule has 0 unspecified atom stereocenters. The second-order valence-electron chi connectivity index (χ2n) is 3.22. The summed E-state index contributed by atoms with van der Waals surface area (Å²) in [6.07, 6.45) is -0.183. The second kappa shape index (κ2) is 3.90. The van der Waals surface area contributed by atoms with E-state index in [0.717, 1.165) is 6.42 Å². The van der Waals surface area contributed by atoms with Crippen LogP contribution in [0.1, 0.15) is 44.0 Å². The van der Waals surface area contributed by atoms with Crippen molar-refractivity contribution >= 4 is 5.97 Å². The van der Waals surface area contributed by atoms with E-state index in [4.69, 9.17) is 16.3 Å². The Morgan fingerprint density at radius 3 is 2.50 bits per heavy atom. The van der Waals surface area contributed by atoms with Crippen molar-refractivity contribution in [2.75, 3.05) is 6.50 Å². The van der Waals surface area contributed by atoms with Gasteiger partial charge in [-0.15, -0.1) is 0 Å².